The highest BCUT2D eigenvalue weighted by Gasteiger charge is 2.14. The summed E-state index contributed by atoms with van der Waals surface area (Å²) in [5.74, 6) is 0. The van der Waals surface area contributed by atoms with E-state index >= 15 is 0 Å². The van der Waals surface area contributed by atoms with Crippen LogP contribution < -0.4 is 0 Å². The highest BCUT2D eigenvalue weighted by Crippen LogP contribution is 2.04. The van der Waals surface area contributed by atoms with Crippen LogP contribution in [0.25, 0.3) is 0 Å². The van der Waals surface area contributed by atoms with Gasteiger partial charge in [0.15, 0.2) is 0 Å². The van der Waals surface area contributed by atoms with E-state index in [1.165, 1.54) is 4.90 Å². The van der Waals surface area contributed by atoms with Crippen molar-refractivity contribution in [3.63, 3.8) is 0 Å². The second-order valence-electron chi connectivity index (χ2n) is 4.18. The lowest BCUT2D eigenvalue weighted by atomic mass is 10.2. The lowest BCUT2D eigenvalue weighted by Crippen LogP contribution is -2.34. The molecule has 5 heteroatoms. The molecule has 5 nitrogen and oxygen atoms in total. The largest absolute Gasteiger partial charge is 0.445 e. The van der Waals surface area contributed by atoms with Gasteiger partial charge < -0.3 is 19.8 Å². The van der Waals surface area contributed by atoms with Crippen molar-refractivity contribution >= 4 is 6.09 Å². The summed E-state index contributed by atoms with van der Waals surface area (Å²) in [4.78, 5) is 13.4. The maximum atomic E-state index is 11.9. The summed E-state index contributed by atoms with van der Waals surface area (Å²) in [5, 5.41) is 17.6. The van der Waals surface area contributed by atoms with Gasteiger partial charge >= 0.3 is 6.09 Å². The molecule has 19 heavy (non-hydrogen) atoms. The molecule has 0 unspecified atom stereocenters. The predicted molar refractivity (Wildman–Crippen MR) is 71.6 cm³/mol. The lowest BCUT2D eigenvalue weighted by molar-refractivity contribution is 0.0909. The molecule has 1 aromatic rings. The first-order valence-electron chi connectivity index (χ1n) is 6.45. The Balaban J connectivity index is 2.41. The van der Waals surface area contributed by atoms with Gasteiger partial charge in [-0.1, -0.05) is 30.3 Å². The summed E-state index contributed by atoms with van der Waals surface area (Å²) in [7, 11) is 0. The Morgan fingerprint density at radius 1 is 1.05 bits per heavy atom. The van der Waals surface area contributed by atoms with Crippen LogP contribution in [0.4, 0.5) is 4.79 Å². The molecule has 0 bridgehead atoms. The number of aliphatic hydroxyl groups is 2. The molecule has 1 amide bonds. The number of hydrogen-bond donors (Lipinski definition) is 2. The summed E-state index contributed by atoms with van der Waals surface area (Å²) < 4.78 is 5.21. The number of amides is 1. The van der Waals surface area contributed by atoms with E-state index in [4.69, 9.17) is 14.9 Å². The summed E-state index contributed by atoms with van der Waals surface area (Å²) >= 11 is 0. The standard InChI is InChI=1S/C14H21NO4/c16-10-4-8-15(9-5-11-17)14(18)19-12-13-6-2-1-3-7-13/h1-3,6-7,16-17H,4-5,8-12H2. The minimum Gasteiger partial charge on any atom is -0.445 e. The second kappa shape index (κ2) is 9.35. The molecule has 1 aromatic carbocycles. The molecule has 0 fully saturated rings. The molecule has 0 heterocycles. The molecular formula is C14H21NO4. The molecular weight excluding hydrogens is 246 g/mol. The molecule has 106 valence electrons. The van der Waals surface area contributed by atoms with Crippen LogP contribution in [-0.2, 0) is 11.3 Å². The van der Waals surface area contributed by atoms with Crippen LogP contribution in [0.2, 0.25) is 0 Å². The molecule has 0 atom stereocenters. The molecule has 1 rings (SSSR count). The number of carbonyl (C=O) groups excluding carboxylic acids is 1. The normalized spacial score (nSPS) is 10.2. The highest BCUT2D eigenvalue weighted by atomic mass is 16.6. The Bertz CT molecular complexity index is 348. The van der Waals surface area contributed by atoms with E-state index in [1.54, 1.807) is 0 Å². The summed E-state index contributed by atoms with van der Waals surface area (Å²) in [6.07, 6.45) is 0.600. The van der Waals surface area contributed by atoms with E-state index in [2.05, 4.69) is 0 Å². The summed E-state index contributed by atoms with van der Waals surface area (Å²) in [6, 6.07) is 9.45. The van der Waals surface area contributed by atoms with Gasteiger partial charge in [0, 0.05) is 26.3 Å². The van der Waals surface area contributed by atoms with Gasteiger partial charge in [0.1, 0.15) is 6.61 Å². The van der Waals surface area contributed by atoms with E-state index in [1.807, 2.05) is 30.3 Å². The number of nitrogens with zero attached hydrogens (tertiary/aromatic N) is 1. The number of benzene rings is 1. The van der Waals surface area contributed by atoms with Gasteiger partial charge in [0.25, 0.3) is 0 Å². The highest BCUT2D eigenvalue weighted by molar-refractivity contribution is 5.67. The van der Waals surface area contributed by atoms with Crippen molar-refractivity contribution in [1.29, 1.82) is 0 Å². The van der Waals surface area contributed by atoms with Crippen LogP contribution in [0.5, 0.6) is 0 Å². The Morgan fingerprint density at radius 2 is 1.63 bits per heavy atom. The van der Waals surface area contributed by atoms with Gasteiger partial charge in [-0.05, 0) is 18.4 Å². The smallest absolute Gasteiger partial charge is 0.410 e. The molecule has 0 radical (unpaired) electrons. The quantitative estimate of drug-likeness (QED) is 0.746. The van der Waals surface area contributed by atoms with E-state index in [-0.39, 0.29) is 19.8 Å². The predicted octanol–water partition coefficient (Wildman–Crippen LogP) is 1.39. The summed E-state index contributed by atoms with van der Waals surface area (Å²) in [5.41, 5.74) is 0.931. The third-order valence-electron chi connectivity index (χ3n) is 2.64. The zero-order chi connectivity index (χ0) is 13.9. The Labute approximate surface area is 113 Å². The Morgan fingerprint density at radius 3 is 2.16 bits per heavy atom. The molecule has 0 saturated heterocycles. The van der Waals surface area contributed by atoms with Gasteiger partial charge in [0.05, 0.1) is 0 Å². The van der Waals surface area contributed by atoms with Crippen molar-refractivity contribution in [1.82, 2.24) is 4.90 Å². The monoisotopic (exact) mass is 267 g/mol. The molecule has 0 aliphatic heterocycles. The minimum absolute atomic E-state index is 0.0294. The van der Waals surface area contributed by atoms with Gasteiger partial charge in [-0.3, -0.25) is 0 Å². The fraction of sp³-hybridized carbons (Fsp3) is 0.500. The molecule has 0 spiro atoms. The van der Waals surface area contributed by atoms with Gasteiger partial charge in [-0.15, -0.1) is 0 Å². The van der Waals surface area contributed by atoms with Crippen molar-refractivity contribution in [3.8, 4) is 0 Å². The molecule has 2 N–H and O–H groups in total. The van der Waals surface area contributed by atoms with Crippen molar-refractivity contribution in [3.05, 3.63) is 35.9 Å². The number of rotatable bonds is 8. The first kappa shape index (κ1) is 15.5. The molecule has 0 aromatic heterocycles. The van der Waals surface area contributed by atoms with E-state index < -0.39 is 6.09 Å². The van der Waals surface area contributed by atoms with Crippen molar-refractivity contribution in [2.24, 2.45) is 0 Å². The minimum atomic E-state index is -0.411. The molecule has 0 aliphatic rings. The first-order valence-corrected chi connectivity index (χ1v) is 6.45. The van der Waals surface area contributed by atoms with Gasteiger partial charge in [0.2, 0.25) is 0 Å². The fourth-order valence-electron chi connectivity index (χ4n) is 1.63. The molecule has 0 saturated carbocycles. The zero-order valence-electron chi connectivity index (χ0n) is 11.0. The number of carbonyl (C=O) groups is 1. The number of hydrogen-bond acceptors (Lipinski definition) is 4. The number of ether oxygens (including phenoxy) is 1. The fourth-order valence-corrected chi connectivity index (χ4v) is 1.63. The second-order valence-corrected chi connectivity index (χ2v) is 4.18. The van der Waals surface area contributed by atoms with E-state index in [9.17, 15) is 4.79 Å². The SMILES string of the molecule is O=C(OCc1ccccc1)N(CCCO)CCCO. The van der Waals surface area contributed by atoms with Crippen LogP contribution in [0, 0.1) is 0 Å². The van der Waals surface area contributed by atoms with E-state index in [0.29, 0.717) is 25.9 Å². The Hall–Kier alpha value is -1.59. The van der Waals surface area contributed by atoms with Gasteiger partial charge in [-0.2, -0.15) is 0 Å². The van der Waals surface area contributed by atoms with Gasteiger partial charge in [-0.25, -0.2) is 4.79 Å². The van der Waals surface area contributed by atoms with E-state index in [0.717, 1.165) is 5.56 Å². The average Bonchev–Trinajstić information content (AvgIpc) is 2.46. The van der Waals surface area contributed by atoms with Crippen molar-refractivity contribution in [2.75, 3.05) is 26.3 Å². The van der Waals surface area contributed by atoms with Crippen molar-refractivity contribution in [2.45, 2.75) is 19.4 Å². The molecule has 0 aliphatic carbocycles. The van der Waals surface area contributed by atoms with Crippen LogP contribution >= 0.6 is 0 Å². The lowest BCUT2D eigenvalue weighted by Gasteiger charge is -2.21. The van der Waals surface area contributed by atoms with Crippen LogP contribution in [0.15, 0.2) is 30.3 Å². The topological polar surface area (TPSA) is 70.0 Å². The summed E-state index contributed by atoms with van der Waals surface area (Å²) in [6.45, 7) is 1.16. The maximum absolute atomic E-state index is 11.9. The van der Waals surface area contributed by atoms with Crippen LogP contribution in [-0.4, -0.2) is 47.5 Å². The van der Waals surface area contributed by atoms with Crippen LogP contribution in [0.3, 0.4) is 0 Å². The van der Waals surface area contributed by atoms with Crippen molar-refractivity contribution < 1.29 is 19.7 Å². The third-order valence-corrected chi connectivity index (χ3v) is 2.64. The first-order chi connectivity index (χ1) is 9.27. The Kier molecular flexibility index (Phi) is 7.62. The zero-order valence-corrected chi connectivity index (χ0v) is 11.0. The maximum Gasteiger partial charge on any atom is 0.410 e. The third kappa shape index (κ3) is 6.22. The van der Waals surface area contributed by atoms with Crippen LogP contribution in [0.1, 0.15) is 18.4 Å². The number of aliphatic hydroxyl groups excluding tert-OH is 2. The average molecular weight is 267 g/mol.